The second kappa shape index (κ2) is 4.19. The molecule has 1 fully saturated rings. The van der Waals surface area contributed by atoms with Crippen LogP contribution in [0.15, 0.2) is 6.07 Å². The Bertz CT molecular complexity index is 501. The van der Waals surface area contributed by atoms with Gasteiger partial charge < -0.3 is 14.6 Å². The molecular formula is C14H18O4. The maximum Gasteiger partial charge on any atom is 0.314 e. The van der Waals surface area contributed by atoms with Gasteiger partial charge >= 0.3 is 5.97 Å². The Morgan fingerprint density at radius 1 is 1.17 bits per heavy atom. The SMILES string of the molecule is COc1c(C)cc(C)c(C2(C(=O)O)CC2)c1OC. The minimum Gasteiger partial charge on any atom is -0.493 e. The Labute approximate surface area is 107 Å². The molecule has 0 radical (unpaired) electrons. The summed E-state index contributed by atoms with van der Waals surface area (Å²) in [5, 5.41) is 9.44. The zero-order valence-corrected chi connectivity index (χ0v) is 11.2. The van der Waals surface area contributed by atoms with Gasteiger partial charge in [0.25, 0.3) is 0 Å². The largest absolute Gasteiger partial charge is 0.493 e. The van der Waals surface area contributed by atoms with Gasteiger partial charge in [-0.2, -0.15) is 0 Å². The maximum atomic E-state index is 11.5. The molecule has 1 saturated carbocycles. The molecule has 0 spiro atoms. The third-order valence-electron chi connectivity index (χ3n) is 3.66. The monoisotopic (exact) mass is 250 g/mol. The van der Waals surface area contributed by atoms with Crippen molar-refractivity contribution in [3.8, 4) is 11.5 Å². The molecule has 0 unspecified atom stereocenters. The molecule has 1 N–H and O–H groups in total. The molecule has 2 rings (SSSR count). The highest BCUT2D eigenvalue weighted by atomic mass is 16.5. The van der Waals surface area contributed by atoms with Crippen molar-refractivity contribution in [2.45, 2.75) is 32.1 Å². The second-order valence-electron chi connectivity index (χ2n) is 4.84. The van der Waals surface area contributed by atoms with Crippen molar-refractivity contribution in [2.75, 3.05) is 14.2 Å². The number of methoxy groups -OCH3 is 2. The van der Waals surface area contributed by atoms with Crippen molar-refractivity contribution in [2.24, 2.45) is 0 Å². The smallest absolute Gasteiger partial charge is 0.314 e. The van der Waals surface area contributed by atoms with E-state index < -0.39 is 11.4 Å². The van der Waals surface area contributed by atoms with Gasteiger partial charge in [0, 0.05) is 5.56 Å². The third-order valence-corrected chi connectivity index (χ3v) is 3.66. The van der Waals surface area contributed by atoms with E-state index in [1.807, 2.05) is 19.9 Å². The van der Waals surface area contributed by atoms with Gasteiger partial charge in [-0.15, -0.1) is 0 Å². The Balaban J connectivity index is 2.70. The van der Waals surface area contributed by atoms with E-state index in [2.05, 4.69) is 0 Å². The van der Waals surface area contributed by atoms with E-state index in [1.165, 1.54) is 0 Å². The number of aryl methyl sites for hydroxylation is 2. The molecule has 0 bridgehead atoms. The number of carboxylic acid groups (broad SMARTS) is 1. The number of ether oxygens (including phenoxy) is 2. The van der Waals surface area contributed by atoms with Crippen LogP contribution in [-0.2, 0) is 10.2 Å². The fourth-order valence-electron chi connectivity index (χ4n) is 2.67. The quantitative estimate of drug-likeness (QED) is 0.891. The predicted molar refractivity (Wildman–Crippen MR) is 67.6 cm³/mol. The maximum absolute atomic E-state index is 11.5. The van der Waals surface area contributed by atoms with Crippen LogP contribution < -0.4 is 9.47 Å². The molecule has 0 amide bonds. The Morgan fingerprint density at radius 3 is 2.11 bits per heavy atom. The van der Waals surface area contributed by atoms with Crippen LogP contribution in [0.3, 0.4) is 0 Å². The fourth-order valence-corrected chi connectivity index (χ4v) is 2.67. The van der Waals surface area contributed by atoms with E-state index in [9.17, 15) is 9.90 Å². The normalized spacial score (nSPS) is 16.2. The molecule has 0 heterocycles. The van der Waals surface area contributed by atoms with Crippen LogP contribution in [0.5, 0.6) is 11.5 Å². The molecular weight excluding hydrogens is 232 g/mol. The molecule has 18 heavy (non-hydrogen) atoms. The van der Waals surface area contributed by atoms with Crippen molar-refractivity contribution in [1.29, 1.82) is 0 Å². The average molecular weight is 250 g/mol. The highest BCUT2D eigenvalue weighted by Gasteiger charge is 2.54. The van der Waals surface area contributed by atoms with E-state index in [-0.39, 0.29) is 0 Å². The number of hydrogen-bond donors (Lipinski definition) is 1. The summed E-state index contributed by atoms with van der Waals surface area (Å²) in [7, 11) is 3.13. The van der Waals surface area contributed by atoms with Gasteiger partial charge in [0.15, 0.2) is 11.5 Å². The zero-order chi connectivity index (χ0) is 13.5. The van der Waals surface area contributed by atoms with E-state index in [0.29, 0.717) is 24.3 Å². The lowest BCUT2D eigenvalue weighted by molar-refractivity contribution is -0.140. The zero-order valence-electron chi connectivity index (χ0n) is 11.2. The number of hydrogen-bond acceptors (Lipinski definition) is 3. The van der Waals surface area contributed by atoms with E-state index in [1.54, 1.807) is 14.2 Å². The molecule has 1 aliphatic rings. The lowest BCUT2D eigenvalue weighted by Gasteiger charge is -2.21. The van der Waals surface area contributed by atoms with Crippen molar-refractivity contribution in [1.82, 2.24) is 0 Å². The summed E-state index contributed by atoms with van der Waals surface area (Å²) in [5.74, 6) is 0.412. The van der Waals surface area contributed by atoms with Gasteiger partial charge in [0.2, 0.25) is 0 Å². The van der Waals surface area contributed by atoms with Crippen LogP contribution >= 0.6 is 0 Å². The molecule has 0 saturated heterocycles. The van der Waals surface area contributed by atoms with E-state index >= 15 is 0 Å². The predicted octanol–water partition coefficient (Wildman–Crippen LogP) is 2.44. The summed E-state index contributed by atoms with van der Waals surface area (Å²) in [6.45, 7) is 3.85. The summed E-state index contributed by atoms with van der Waals surface area (Å²) in [6, 6.07) is 1.96. The first-order valence-electron chi connectivity index (χ1n) is 5.94. The van der Waals surface area contributed by atoms with Gasteiger partial charge in [-0.25, -0.2) is 0 Å². The highest BCUT2D eigenvalue weighted by Crippen LogP contribution is 2.55. The first-order valence-corrected chi connectivity index (χ1v) is 5.94. The first kappa shape index (κ1) is 12.7. The molecule has 0 aromatic heterocycles. The van der Waals surface area contributed by atoms with E-state index in [4.69, 9.17) is 9.47 Å². The summed E-state index contributed by atoms with van der Waals surface area (Å²) in [4.78, 5) is 11.5. The van der Waals surface area contributed by atoms with Gasteiger partial charge in [-0.3, -0.25) is 4.79 Å². The van der Waals surface area contributed by atoms with Crippen LogP contribution in [0.25, 0.3) is 0 Å². The van der Waals surface area contributed by atoms with Crippen LogP contribution in [0.4, 0.5) is 0 Å². The lowest BCUT2D eigenvalue weighted by atomic mass is 9.89. The molecule has 0 atom stereocenters. The molecule has 1 aliphatic carbocycles. The van der Waals surface area contributed by atoms with Gasteiger partial charge in [0.05, 0.1) is 19.6 Å². The van der Waals surface area contributed by atoms with Crippen molar-refractivity contribution < 1.29 is 19.4 Å². The highest BCUT2D eigenvalue weighted by molar-refractivity contribution is 5.87. The Hall–Kier alpha value is -1.71. The fraction of sp³-hybridized carbons (Fsp3) is 0.500. The molecule has 98 valence electrons. The number of carboxylic acids is 1. The van der Waals surface area contributed by atoms with E-state index in [0.717, 1.165) is 16.7 Å². The second-order valence-corrected chi connectivity index (χ2v) is 4.84. The first-order chi connectivity index (χ1) is 8.47. The minimum atomic E-state index is -0.783. The summed E-state index contributed by atoms with van der Waals surface area (Å²) >= 11 is 0. The van der Waals surface area contributed by atoms with Gasteiger partial charge in [-0.1, -0.05) is 6.07 Å². The van der Waals surface area contributed by atoms with Crippen molar-refractivity contribution >= 4 is 5.97 Å². The standard InChI is InChI=1S/C14H18O4/c1-8-7-9(2)11(17-3)12(18-4)10(8)14(5-6-14)13(15)16/h7H,5-6H2,1-4H3,(H,15,16). The third kappa shape index (κ3) is 1.64. The Morgan fingerprint density at radius 2 is 1.72 bits per heavy atom. The molecule has 1 aromatic rings. The van der Waals surface area contributed by atoms with Crippen LogP contribution in [0.1, 0.15) is 29.5 Å². The number of aliphatic carboxylic acids is 1. The van der Waals surface area contributed by atoms with Gasteiger partial charge in [0.1, 0.15) is 0 Å². The average Bonchev–Trinajstić information content (AvgIpc) is 3.09. The molecule has 4 nitrogen and oxygen atoms in total. The van der Waals surface area contributed by atoms with Crippen molar-refractivity contribution in [3.05, 3.63) is 22.8 Å². The number of rotatable bonds is 4. The Kier molecular flexibility index (Phi) is 2.97. The summed E-state index contributed by atoms with van der Waals surface area (Å²) in [5.41, 5.74) is 1.89. The minimum absolute atomic E-state index is 0.565. The number of carbonyl (C=O) groups is 1. The van der Waals surface area contributed by atoms with Crippen LogP contribution in [0, 0.1) is 13.8 Å². The topological polar surface area (TPSA) is 55.8 Å². The molecule has 1 aromatic carbocycles. The summed E-state index contributed by atoms with van der Waals surface area (Å²) in [6.07, 6.45) is 1.32. The van der Waals surface area contributed by atoms with Crippen molar-refractivity contribution in [3.63, 3.8) is 0 Å². The number of benzene rings is 1. The van der Waals surface area contributed by atoms with Gasteiger partial charge in [-0.05, 0) is 37.8 Å². The summed E-state index contributed by atoms with van der Waals surface area (Å²) < 4.78 is 10.8. The molecule has 0 aliphatic heterocycles. The van der Waals surface area contributed by atoms with Crippen LogP contribution in [0.2, 0.25) is 0 Å². The van der Waals surface area contributed by atoms with Crippen LogP contribution in [-0.4, -0.2) is 25.3 Å². The molecule has 4 heteroatoms. The lowest BCUT2D eigenvalue weighted by Crippen LogP contribution is -2.22.